The third kappa shape index (κ3) is 2.56. The molecule has 0 aliphatic carbocycles. The molecule has 20 heavy (non-hydrogen) atoms. The molecule has 104 valence electrons. The Morgan fingerprint density at radius 3 is 2.50 bits per heavy atom. The highest BCUT2D eigenvalue weighted by Crippen LogP contribution is 2.30. The lowest BCUT2D eigenvalue weighted by Crippen LogP contribution is -2.08. The van der Waals surface area contributed by atoms with Gasteiger partial charge in [-0.25, -0.2) is 0 Å². The SMILES string of the molecule is COc1ccc(C(=O)c2c(N)cccc2OC)c(Cl)c1. The van der Waals surface area contributed by atoms with Gasteiger partial charge in [0.1, 0.15) is 11.5 Å². The number of methoxy groups -OCH3 is 2. The molecular formula is C15H14ClNO3. The van der Waals surface area contributed by atoms with Gasteiger partial charge >= 0.3 is 0 Å². The van der Waals surface area contributed by atoms with E-state index in [1.807, 2.05) is 0 Å². The average molecular weight is 292 g/mol. The summed E-state index contributed by atoms with van der Waals surface area (Å²) in [6.45, 7) is 0. The number of anilines is 1. The predicted molar refractivity (Wildman–Crippen MR) is 78.8 cm³/mol. The number of nitrogens with two attached hydrogens (primary N) is 1. The molecule has 2 aromatic carbocycles. The number of hydrogen-bond acceptors (Lipinski definition) is 4. The first-order chi connectivity index (χ1) is 9.58. The maximum Gasteiger partial charge on any atom is 0.200 e. The third-order valence-corrected chi connectivity index (χ3v) is 3.24. The van der Waals surface area contributed by atoms with Crippen molar-refractivity contribution in [1.29, 1.82) is 0 Å². The Balaban J connectivity index is 2.52. The van der Waals surface area contributed by atoms with Gasteiger partial charge in [0.05, 0.1) is 24.8 Å². The highest BCUT2D eigenvalue weighted by Gasteiger charge is 2.20. The summed E-state index contributed by atoms with van der Waals surface area (Å²) >= 11 is 6.12. The molecule has 4 nitrogen and oxygen atoms in total. The van der Waals surface area contributed by atoms with Crippen molar-refractivity contribution >= 4 is 23.1 Å². The number of carbonyl (C=O) groups excluding carboxylic acids is 1. The van der Waals surface area contributed by atoms with Gasteiger partial charge in [-0.2, -0.15) is 0 Å². The van der Waals surface area contributed by atoms with E-state index in [4.69, 9.17) is 26.8 Å². The monoisotopic (exact) mass is 291 g/mol. The van der Waals surface area contributed by atoms with Crippen LogP contribution in [0.1, 0.15) is 15.9 Å². The summed E-state index contributed by atoms with van der Waals surface area (Å²) in [7, 11) is 3.02. The molecule has 0 heterocycles. The second-order valence-corrected chi connectivity index (χ2v) is 4.51. The van der Waals surface area contributed by atoms with Gasteiger partial charge in [0.25, 0.3) is 0 Å². The molecule has 0 spiro atoms. The lowest BCUT2D eigenvalue weighted by molar-refractivity contribution is 0.103. The largest absolute Gasteiger partial charge is 0.497 e. The molecule has 0 saturated carbocycles. The van der Waals surface area contributed by atoms with E-state index in [0.717, 1.165) is 0 Å². The fourth-order valence-electron chi connectivity index (χ4n) is 1.90. The second kappa shape index (κ2) is 5.84. The van der Waals surface area contributed by atoms with Crippen LogP contribution in [0.5, 0.6) is 11.5 Å². The third-order valence-electron chi connectivity index (χ3n) is 2.93. The average Bonchev–Trinajstić information content (AvgIpc) is 2.46. The van der Waals surface area contributed by atoms with Gasteiger partial charge in [0.2, 0.25) is 0 Å². The maximum absolute atomic E-state index is 12.6. The highest BCUT2D eigenvalue weighted by molar-refractivity contribution is 6.35. The van der Waals surface area contributed by atoms with Gasteiger partial charge in [-0.05, 0) is 30.3 Å². The van der Waals surface area contributed by atoms with Crippen molar-refractivity contribution in [1.82, 2.24) is 0 Å². The molecule has 0 aromatic heterocycles. The Bertz CT molecular complexity index is 656. The van der Waals surface area contributed by atoms with Gasteiger partial charge < -0.3 is 15.2 Å². The van der Waals surface area contributed by atoms with E-state index in [1.54, 1.807) is 36.4 Å². The summed E-state index contributed by atoms with van der Waals surface area (Å²) in [6, 6.07) is 9.91. The standard InChI is InChI=1S/C15H14ClNO3/c1-19-9-6-7-10(11(16)8-9)15(18)14-12(17)4-3-5-13(14)20-2/h3-8H,17H2,1-2H3. The molecule has 2 rings (SSSR count). The topological polar surface area (TPSA) is 61.5 Å². The van der Waals surface area contributed by atoms with Crippen LogP contribution in [-0.2, 0) is 0 Å². The number of benzene rings is 2. The van der Waals surface area contributed by atoms with Gasteiger partial charge in [-0.3, -0.25) is 4.79 Å². The molecule has 2 N–H and O–H groups in total. The molecule has 2 aromatic rings. The van der Waals surface area contributed by atoms with Crippen LogP contribution in [0, 0.1) is 0 Å². The van der Waals surface area contributed by atoms with Crippen molar-refractivity contribution in [3.63, 3.8) is 0 Å². The molecule has 0 atom stereocenters. The van der Waals surface area contributed by atoms with Crippen molar-refractivity contribution in [2.24, 2.45) is 0 Å². The zero-order chi connectivity index (χ0) is 14.7. The van der Waals surface area contributed by atoms with Crippen molar-refractivity contribution in [3.05, 3.63) is 52.5 Å². The molecule has 0 amide bonds. The normalized spacial score (nSPS) is 10.2. The molecule has 5 heteroatoms. The number of carbonyl (C=O) groups is 1. The van der Waals surface area contributed by atoms with E-state index in [1.165, 1.54) is 14.2 Å². The molecule has 0 bridgehead atoms. The lowest BCUT2D eigenvalue weighted by atomic mass is 10.0. The number of hydrogen-bond donors (Lipinski definition) is 1. The second-order valence-electron chi connectivity index (χ2n) is 4.10. The first kappa shape index (κ1) is 14.2. The molecule has 0 aliphatic rings. The summed E-state index contributed by atoms with van der Waals surface area (Å²) < 4.78 is 10.2. The number of ether oxygens (including phenoxy) is 2. The van der Waals surface area contributed by atoms with Gasteiger partial charge in [0, 0.05) is 11.3 Å². The molecular weight excluding hydrogens is 278 g/mol. The maximum atomic E-state index is 12.6. The summed E-state index contributed by atoms with van der Waals surface area (Å²) in [5.41, 5.74) is 6.88. The molecule has 0 unspecified atom stereocenters. The van der Waals surface area contributed by atoms with Crippen LogP contribution in [0.3, 0.4) is 0 Å². The van der Waals surface area contributed by atoms with Crippen molar-refractivity contribution < 1.29 is 14.3 Å². The van der Waals surface area contributed by atoms with E-state index in [-0.39, 0.29) is 5.78 Å². The van der Waals surface area contributed by atoms with Crippen LogP contribution < -0.4 is 15.2 Å². The highest BCUT2D eigenvalue weighted by atomic mass is 35.5. The summed E-state index contributed by atoms with van der Waals surface area (Å²) in [6.07, 6.45) is 0. The van der Waals surface area contributed by atoms with Crippen molar-refractivity contribution in [2.75, 3.05) is 20.0 Å². The van der Waals surface area contributed by atoms with Crippen LogP contribution in [0.25, 0.3) is 0 Å². The van der Waals surface area contributed by atoms with Crippen LogP contribution in [0.15, 0.2) is 36.4 Å². The van der Waals surface area contributed by atoms with Crippen LogP contribution >= 0.6 is 11.6 Å². The molecule has 0 fully saturated rings. The van der Waals surface area contributed by atoms with E-state index >= 15 is 0 Å². The van der Waals surface area contributed by atoms with Crippen LogP contribution in [-0.4, -0.2) is 20.0 Å². The predicted octanol–water partition coefficient (Wildman–Crippen LogP) is 3.17. The van der Waals surface area contributed by atoms with E-state index in [0.29, 0.717) is 33.3 Å². The Labute approximate surface area is 122 Å². The minimum absolute atomic E-state index is 0.285. The van der Waals surface area contributed by atoms with Crippen molar-refractivity contribution in [2.45, 2.75) is 0 Å². The fraction of sp³-hybridized carbons (Fsp3) is 0.133. The van der Waals surface area contributed by atoms with E-state index in [9.17, 15) is 4.79 Å². The zero-order valence-electron chi connectivity index (χ0n) is 11.1. The van der Waals surface area contributed by atoms with Gasteiger partial charge in [-0.1, -0.05) is 17.7 Å². The van der Waals surface area contributed by atoms with Gasteiger partial charge in [0.15, 0.2) is 5.78 Å². The lowest BCUT2D eigenvalue weighted by Gasteiger charge is -2.11. The zero-order valence-corrected chi connectivity index (χ0v) is 11.9. The Kier molecular flexibility index (Phi) is 4.15. The number of ketones is 1. The summed E-state index contributed by atoms with van der Waals surface area (Å²) in [5.74, 6) is 0.717. The number of rotatable bonds is 4. The molecule has 0 radical (unpaired) electrons. The first-order valence-corrected chi connectivity index (χ1v) is 6.27. The minimum Gasteiger partial charge on any atom is -0.497 e. The first-order valence-electron chi connectivity index (χ1n) is 5.89. The van der Waals surface area contributed by atoms with E-state index in [2.05, 4.69) is 0 Å². The Hall–Kier alpha value is -2.20. The van der Waals surface area contributed by atoms with Gasteiger partial charge in [-0.15, -0.1) is 0 Å². The quantitative estimate of drug-likeness (QED) is 0.694. The van der Waals surface area contributed by atoms with Crippen molar-refractivity contribution in [3.8, 4) is 11.5 Å². The number of halogens is 1. The molecule has 0 saturated heterocycles. The summed E-state index contributed by atoms with van der Waals surface area (Å²) in [4.78, 5) is 12.6. The Morgan fingerprint density at radius 2 is 1.90 bits per heavy atom. The smallest absolute Gasteiger partial charge is 0.200 e. The fourth-order valence-corrected chi connectivity index (χ4v) is 2.16. The summed E-state index contributed by atoms with van der Waals surface area (Å²) in [5, 5.41) is 0.305. The molecule has 0 aliphatic heterocycles. The van der Waals surface area contributed by atoms with E-state index < -0.39 is 0 Å². The van der Waals surface area contributed by atoms with Crippen LogP contribution in [0.2, 0.25) is 5.02 Å². The number of nitrogen functional groups attached to an aromatic ring is 1. The Morgan fingerprint density at radius 1 is 1.15 bits per heavy atom. The minimum atomic E-state index is -0.285. The van der Waals surface area contributed by atoms with Crippen LogP contribution in [0.4, 0.5) is 5.69 Å².